The van der Waals surface area contributed by atoms with E-state index in [1.165, 1.54) is 43.5 Å². The Morgan fingerprint density at radius 1 is 1.05 bits per heavy atom. The van der Waals surface area contributed by atoms with Crippen LogP contribution in [0.25, 0.3) is 0 Å². The number of nitro benzene ring substituents is 1. The number of methoxy groups -OCH3 is 1. The first-order valence-electron chi connectivity index (χ1n) is 12.9. The van der Waals surface area contributed by atoms with Crippen LogP contribution in [0.2, 0.25) is 0 Å². The molecule has 0 saturated carbocycles. The van der Waals surface area contributed by atoms with Crippen molar-refractivity contribution in [3.63, 3.8) is 0 Å². The molecule has 2 amide bonds. The van der Waals surface area contributed by atoms with Crippen molar-refractivity contribution in [1.29, 1.82) is 5.26 Å². The van der Waals surface area contributed by atoms with Crippen LogP contribution in [0.5, 0.6) is 0 Å². The molecule has 3 aromatic carbocycles. The van der Waals surface area contributed by atoms with Crippen LogP contribution in [-0.4, -0.2) is 51.3 Å². The summed E-state index contributed by atoms with van der Waals surface area (Å²) in [5.41, 5.74) is -0.331. The number of amides is 2. The lowest BCUT2D eigenvalue weighted by atomic mass is 9.76. The van der Waals surface area contributed by atoms with Gasteiger partial charge in [-0.2, -0.15) is 5.26 Å². The summed E-state index contributed by atoms with van der Waals surface area (Å²) in [4.78, 5) is 64.3. The average Bonchev–Trinajstić information content (AvgIpc) is 3.46. The summed E-state index contributed by atoms with van der Waals surface area (Å²) in [5, 5.41) is 34.6. The summed E-state index contributed by atoms with van der Waals surface area (Å²) in [6.07, 6.45) is -0.257. The number of fused-ring (bicyclic) bond motifs is 1. The molecule has 2 heterocycles. The van der Waals surface area contributed by atoms with Gasteiger partial charge >= 0.3 is 11.9 Å². The van der Waals surface area contributed by atoms with E-state index in [0.717, 1.165) is 4.90 Å². The summed E-state index contributed by atoms with van der Waals surface area (Å²) in [6.45, 7) is -0.161. The van der Waals surface area contributed by atoms with Crippen LogP contribution >= 0.6 is 0 Å². The van der Waals surface area contributed by atoms with Gasteiger partial charge in [0.05, 0.1) is 47.6 Å². The lowest BCUT2D eigenvalue weighted by Gasteiger charge is -2.31. The molecule has 5 rings (SSSR count). The number of aliphatic carboxylic acids is 1. The van der Waals surface area contributed by atoms with Crippen molar-refractivity contribution in [1.82, 2.24) is 10.2 Å². The number of esters is 1. The fraction of sp³-hybridized carbons (Fsp3) is 0.233. The number of ether oxygens (including phenoxy) is 1. The Bertz CT molecular complexity index is 1650. The molecule has 4 unspecified atom stereocenters. The molecule has 2 aliphatic rings. The quantitative estimate of drug-likeness (QED) is 0.178. The number of carbonyl (C=O) groups excluding carboxylic acids is 3. The molecule has 0 spiro atoms. The average molecular weight is 569 g/mol. The molecule has 12 heteroatoms. The number of carbonyl (C=O) groups is 4. The van der Waals surface area contributed by atoms with Gasteiger partial charge in [0, 0.05) is 24.6 Å². The van der Waals surface area contributed by atoms with E-state index in [1.807, 2.05) is 0 Å². The standard InChI is InChI=1S/C30H24N4O8/c1-42-28(37)19-10-6-18(7-11-19)16-33-26(35)23-24(27(33)36)30(29(38)39,14-17-8-12-21(13-9-17)34(40)41)32-25(23)22-5-3-2-4-20(22)15-31/h2-13,23-25,32H,14,16H2,1H3,(H,38,39). The second-order valence-electron chi connectivity index (χ2n) is 10.2. The van der Waals surface area contributed by atoms with Gasteiger partial charge < -0.3 is 9.84 Å². The Hall–Kier alpha value is -5.41. The lowest BCUT2D eigenvalue weighted by molar-refractivity contribution is -0.384. The van der Waals surface area contributed by atoms with Crippen LogP contribution < -0.4 is 5.32 Å². The number of rotatable bonds is 8. The molecule has 212 valence electrons. The van der Waals surface area contributed by atoms with E-state index in [0.29, 0.717) is 16.7 Å². The molecule has 0 bridgehead atoms. The SMILES string of the molecule is COC(=O)c1ccc(CN2C(=O)C3C(c4ccccc4C#N)NC(Cc4ccc([N+](=O)[O-])cc4)(C(=O)O)C3C2=O)cc1. The van der Waals surface area contributed by atoms with Crippen LogP contribution in [-0.2, 0) is 32.1 Å². The Morgan fingerprint density at radius 3 is 2.29 bits per heavy atom. The number of likely N-dealkylation sites (tertiary alicyclic amines) is 1. The molecule has 42 heavy (non-hydrogen) atoms. The summed E-state index contributed by atoms with van der Waals surface area (Å²) >= 11 is 0. The number of nitrogens with one attached hydrogen (secondary N) is 1. The summed E-state index contributed by atoms with van der Waals surface area (Å²) < 4.78 is 4.70. The third-order valence-electron chi connectivity index (χ3n) is 7.89. The number of hydrogen-bond acceptors (Lipinski definition) is 9. The first-order valence-corrected chi connectivity index (χ1v) is 12.9. The zero-order valence-corrected chi connectivity index (χ0v) is 22.2. The van der Waals surface area contributed by atoms with Crippen molar-refractivity contribution in [3.05, 3.63) is 111 Å². The number of benzene rings is 3. The Morgan fingerprint density at radius 2 is 1.69 bits per heavy atom. The van der Waals surface area contributed by atoms with E-state index < -0.39 is 52.1 Å². The molecule has 2 saturated heterocycles. The van der Waals surface area contributed by atoms with E-state index in [1.54, 1.807) is 36.4 Å². The van der Waals surface area contributed by atoms with Crippen LogP contribution in [0.1, 0.15) is 38.7 Å². The number of nitrogens with zero attached hydrogens (tertiary/aromatic N) is 3. The zero-order chi connectivity index (χ0) is 30.2. The van der Waals surface area contributed by atoms with E-state index >= 15 is 0 Å². The molecule has 3 aromatic rings. The third kappa shape index (κ3) is 4.65. The van der Waals surface area contributed by atoms with Gasteiger partial charge in [-0.15, -0.1) is 0 Å². The highest BCUT2D eigenvalue weighted by atomic mass is 16.6. The molecule has 0 aliphatic carbocycles. The van der Waals surface area contributed by atoms with Crippen LogP contribution in [0.15, 0.2) is 72.8 Å². The first kappa shape index (κ1) is 28.1. The molecule has 0 radical (unpaired) electrons. The highest BCUT2D eigenvalue weighted by molar-refractivity contribution is 6.09. The number of nitriles is 1. The molecular weight excluding hydrogens is 544 g/mol. The minimum absolute atomic E-state index is 0.161. The van der Waals surface area contributed by atoms with Crippen molar-refractivity contribution < 1.29 is 33.9 Å². The molecule has 2 aliphatic heterocycles. The smallest absolute Gasteiger partial charge is 0.337 e. The minimum atomic E-state index is -1.97. The van der Waals surface area contributed by atoms with Crippen LogP contribution in [0.3, 0.4) is 0 Å². The molecule has 12 nitrogen and oxygen atoms in total. The number of imide groups is 1. The number of carboxylic acid groups (broad SMARTS) is 1. The molecule has 0 aromatic heterocycles. The van der Waals surface area contributed by atoms with Gasteiger partial charge in [-0.25, -0.2) is 4.79 Å². The molecule has 4 atom stereocenters. The maximum atomic E-state index is 14.0. The summed E-state index contributed by atoms with van der Waals surface area (Å²) in [5.74, 6) is -5.71. The van der Waals surface area contributed by atoms with Crippen molar-refractivity contribution >= 4 is 29.4 Å². The van der Waals surface area contributed by atoms with Crippen molar-refractivity contribution in [2.75, 3.05) is 7.11 Å². The van der Waals surface area contributed by atoms with E-state index in [-0.39, 0.29) is 29.8 Å². The molecule has 2 fully saturated rings. The first-order chi connectivity index (χ1) is 20.1. The van der Waals surface area contributed by atoms with Gasteiger partial charge in [0.1, 0.15) is 5.54 Å². The number of hydrogen-bond donors (Lipinski definition) is 2. The normalized spacial score (nSPS) is 22.9. The highest BCUT2D eigenvalue weighted by Gasteiger charge is 2.68. The number of carboxylic acids is 1. The Balaban J connectivity index is 1.57. The van der Waals surface area contributed by atoms with Gasteiger partial charge in [-0.1, -0.05) is 42.5 Å². The zero-order valence-electron chi connectivity index (χ0n) is 22.2. The van der Waals surface area contributed by atoms with E-state index in [2.05, 4.69) is 11.4 Å². The van der Waals surface area contributed by atoms with Crippen LogP contribution in [0.4, 0.5) is 5.69 Å². The van der Waals surface area contributed by atoms with Crippen molar-refractivity contribution in [2.24, 2.45) is 11.8 Å². The molecule has 2 N–H and O–H groups in total. The number of non-ortho nitro benzene ring substituents is 1. The van der Waals surface area contributed by atoms with Gasteiger partial charge in [-0.3, -0.25) is 34.7 Å². The fourth-order valence-electron chi connectivity index (χ4n) is 5.89. The molecular formula is C30H24N4O8. The third-order valence-corrected chi connectivity index (χ3v) is 7.89. The fourth-order valence-corrected chi connectivity index (χ4v) is 5.89. The Kier molecular flexibility index (Phi) is 7.28. The predicted octanol–water partition coefficient (Wildman–Crippen LogP) is 2.76. The second kappa shape index (κ2) is 10.9. The van der Waals surface area contributed by atoms with Crippen molar-refractivity contribution in [3.8, 4) is 6.07 Å². The summed E-state index contributed by atoms with van der Waals surface area (Å²) in [6, 6.07) is 19.0. The van der Waals surface area contributed by atoms with E-state index in [4.69, 9.17) is 4.74 Å². The summed E-state index contributed by atoms with van der Waals surface area (Å²) in [7, 11) is 1.25. The monoisotopic (exact) mass is 568 g/mol. The second-order valence-corrected chi connectivity index (χ2v) is 10.2. The van der Waals surface area contributed by atoms with E-state index in [9.17, 15) is 39.7 Å². The van der Waals surface area contributed by atoms with Crippen LogP contribution in [0, 0.1) is 33.3 Å². The van der Waals surface area contributed by atoms with Gasteiger partial charge in [0.15, 0.2) is 0 Å². The predicted molar refractivity (Wildman–Crippen MR) is 145 cm³/mol. The number of nitro groups is 1. The topological polar surface area (TPSA) is 180 Å². The van der Waals surface area contributed by atoms with Gasteiger partial charge in [0.2, 0.25) is 11.8 Å². The van der Waals surface area contributed by atoms with Gasteiger partial charge in [-0.05, 0) is 34.9 Å². The minimum Gasteiger partial charge on any atom is -0.480 e. The highest BCUT2D eigenvalue weighted by Crippen LogP contribution is 2.50. The maximum Gasteiger partial charge on any atom is 0.337 e. The van der Waals surface area contributed by atoms with Crippen molar-refractivity contribution in [2.45, 2.75) is 24.5 Å². The Labute approximate surface area is 239 Å². The largest absolute Gasteiger partial charge is 0.480 e. The maximum absolute atomic E-state index is 14.0. The lowest BCUT2D eigenvalue weighted by Crippen LogP contribution is -2.57. The van der Waals surface area contributed by atoms with Gasteiger partial charge in [0.25, 0.3) is 5.69 Å².